The molecule has 0 aliphatic carbocycles. The molecule has 2 aromatic carbocycles. The van der Waals surface area contributed by atoms with E-state index in [0.717, 1.165) is 25.9 Å². The van der Waals surface area contributed by atoms with Crippen molar-refractivity contribution in [2.45, 2.75) is 44.6 Å². The van der Waals surface area contributed by atoms with Crippen molar-refractivity contribution >= 4 is 17.7 Å². The molecule has 2 amide bonds. The van der Waals surface area contributed by atoms with Crippen molar-refractivity contribution in [3.05, 3.63) is 53.3 Å². The lowest BCUT2D eigenvalue weighted by Crippen LogP contribution is -2.35. The molecule has 2 heterocycles. The van der Waals surface area contributed by atoms with Crippen molar-refractivity contribution in [2.75, 3.05) is 31.2 Å². The summed E-state index contributed by atoms with van der Waals surface area (Å²) in [6.45, 7) is 3.73. The summed E-state index contributed by atoms with van der Waals surface area (Å²) >= 11 is 0. The van der Waals surface area contributed by atoms with Gasteiger partial charge in [0.15, 0.2) is 11.5 Å². The third-order valence-corrected chi connectivity index (χ3v) is 6.84. The van der Waals surface area contributed by atoms with Crippen molar-refractivity contribution in [3.8, 4) is 11.5 Å². The molecule has 0 spiro atoms. The van der Waals surface area contributed by atoms with Gasteiger partial charge in [-0.15, -0.1) is 0 Å². The Balaban J connectivity index is 1.34. The molecule has 9 heteroatoms. The number of hydrogen-bond donors (Lipinski definition) is 3. The number of rotatable bonds is 7. The number of benzene rings is 2. The van der Waals surface area contributed by atoms with Crippen molar-refractivity contribution in [2.24, 2.45) is 5.92 Å². The van der Waals surface area contributed by atoms with E-state index in [2.05, 4.69) is 5.32 Å². The van der Waals surface area contributed by atoms with Gasteiger partial charge in [0.2, 0.25) is 5.91 Å². The van der Waals surface area contributed by atoms with E-state index in [4.69, 9.17) is 9.47 Å². The van der Waals surface area contributed by atoms with Gasteiger partial charge in [-0.05, 0) is 54.9 Å². The van der Waals surface area contributed by atoms with Crippen LogP contribution >= 0.6 is 0 Å². The Bertz CT molecular complexity index is 1070. The fraction of sp³-hybridized carbons (Fsp3) is 0.462. The molecule has 2 fully saturated rings. The average molecular weight is 487 g/mol. The molecule has 2 aromatic rings. The second kappa shape index (κ2) is 10.9. The zero-order valence-corrected chi connectivity index (χ0v) is 19.7. The molecule has 2 saturated heterocycles. The number of hydrogen-bond acceptors (Lipinski definition) is 6. The number of carbonyl (C=O) groups excluding carboxylic acids is 2. The van der Waals surface area contributed by atoms with Crippen LogP contribution in [0.25, 0.3) is 0 Å². The molecular formula is C26H31FN2O6. The number of anilines is 1. The lowest BCUT2D eigenvalue weighted by Gasteiger charge is -2.23. The van der Waals surface area contributed by atoms with E-state index < -0.39 is 18.1 Å². The number of phenolic OH excluding ortho intramolecular Hbond substituents is 2. The van der Waals surface area contributed by atoms with Gasteiger partial charge in [0.25, 0.3) is 0 Å². The molecule has 0 aromatic heterocycles. The van der Waals surface area contributed by atoms with E-state index in [-0.39, 0.29) is 48.3 Å². The van der Waals surface area contributed by atoms with Crippen LogP contribution < -0.4 is 10.2 Å². The zero-order chi connectivity index (χ0) is 24.9. The second-order valence-corrected chi connectivity index (χ2v) is 9.18. The number of nitrogens with one attached hydrogen (secondary N) is 1. The fourth-order valence-corrected chi connectivity index (χ4v) is 4.76. The first-order chi connectivity index (χ1) is 16.8. The van der Waals surface area contributed by atoms with Crippen LogP contribution in [0.1, 0.15) is 43.2 Å². The third kappa shape index (κ3) is 5.85. The Morgan fingerprint density at radius 1 is 1.23 bits per heavy atom. The minimum atomic E-state index is -0.601. The zero-order valence-electron chi connectivity index (χ0n) is 19.7. The third-order valence-electron chi connectivity index (χ3n) is 6.84. The van der Waals surface area contributed by atoms with Gasteiger partial charge in [0.1, 0.15) is 11.9 Å². The molecule has 8 nitrogen and oxygen atoms in total. The Kier molecular flexibility index (Phi) is 7.75. The molecular weight excluding hydrogens is 455 g/mol. The summed E-state index contributed by atoms with van der Waals surface area (Å²) in [5.74, 6) is -0.987. The minimum absolute atomic E-state index is 0.0465. The highest BCUT2D eigenvalue weighted by Gasteiger charge is 2.33. The Hall–Kier alpha value is -3.33. The molecule has 3 N–H and O–H groups in total. The van der Waals surface area contributed by atoms with Crippen molar-refractivity contribution < 1.29 is 33.7 Å². The monoisotopic (exact) mass is 486 g/mol. The molecule has 0 bridgehead atoms. The molecule has 2 aliphatic rings. The average Bonchev–Trinajstić information content (AvgIpc) is 3.02. The SMILES string of the molecule is CC(c1ccc(N2CC(CNC(=O)Cc3cccc(O)c3O)OC2=O)cc1F)C1CCCOCC1. The van der Waals surface area contributed by atoms with E-state index in [9.17, 15) is 19.8 Å². The van der Waals surface area contributed by atoms with Crippen molar-refractivity contribution in [1.29, 1.82) is 0 Å². The summed E-state index contributed by atoms with van der Waals surface area (Å²) in [6, 6.07) is 9.23. The highest BCUT2D eigenvalue weighted by molar-refractivity contribution is 5.90. The maximum atomic E-state index is 15.1. The number of carbonyl (C=O) groups is 2. The highest BCUT2D eigenvalue weighted by atomic mass is 19.1. The van der Waals surface area contributed by atoms with Crippen LogP contribution in [0.15, 0.2) is 36.4 Å². The molecule has 4 rings (SSSR count). The van der Waals surface area contributed by atoms with E-state index in [0.29, 0.717) is 23.8 Å². The number of halogens is 1. The Morgan fingerprint density at radius 2 is 2.06 bits per heavy atom. The largest absolute Gasteiger partial charge is 0.504 e. The van der Waals surface area contributed by atoms with Gasteiger partial charge in [-0.25, -0.2) is 9.18 Å². The molecule has 188 valence electrons. The lowest BCUT2D eigenvalue weighted by atomic mass is 9.82. The number of aromatic hydroxyl groups is 2. The van der Waals surface area contributed by atoms with E-state index >= 15 is 4.39 Å². The smallest absolute Gasteiger partial charge is 0.414 e. The summed E-state index contributed by atoms with van der Waals surface area (Å²) in [5.41, 5.74) is 1.33. The second-order valence-electron chi connectivity index (χ2n) is 9.18. The summed E-state index contributed by atoms with van der Waals surface area (Å²) < 4.78 is 25.9. The normalized spacial score (nSPS) is 21.3. The first-order valence-electron chi connectivity index (χ1n) is 12.0. The molecule has 0 saturated carbocycles. The number of phenols is 2. The number of ether oxygens (including phenoxy) is 2. The predicted molar refractivity (Wildman–Crippen MR) is 127 cm³/mol. The van der Waals surface area contributed by atoms with Gasteiger partial charge in [-0.2, -0.15) is 0 Å². The minimum Gasteiger partial charge on any atom is -0.504 e. The van der Waals surface area contributed by atoms with Gasteiger partial charge in [-0.1, -0.05) is 25.1 Å². The van der Waals surface area contributed by atoms with Crippen LogP contribution in [0.5, 0.6) is 11.5 Å². The van der Waals surface area contributed by atoms with Crippen LogP contribution in [-0.2, 0) is 20.7 Å². The Labute approximate surface area is 203 Å². The summed E-state index contributed by atoms with van der Waals surface area (Å²) in [7, 11) is 0. The molecule has 35 heavy (non-hydrogen) atoms. The van der Waals surface area contributed by atoms with E-state index in [1.165, 1.54) is 29.2 Å². The van der Waals surface area contributed by atoms with Crippen LogP contribution in [0.2, 0.25) is 0 Å². The highest BCUT2D eigenvalue weighted by Crippen LogP contribution is 2.35. The molecule has 3 unspecified atom stereocenters. The van der Waals surface area contributed by atoms with E-state index in [1.54, 1.807) is 12.1 Å². The lowest BCUT2D eigenvalue weighted by molar-refractivity contribution is -0.120. The fourth-order valence-electron chi connectivity index (χ4n) is 4.76. The van der Waals surface area contributed by atoms with Crippen LogP contribution in [-0.4, -0.2) is 54.6 Å². The summed E-state index contributed by atoms with van der Waals surface area (Å²) in [5, 5.41) is 22.1. The van der Waals surface area contributed by atoms with Gasteiger partial charge < -0.3 is 25.0 Å². The molecule has 3 atom stereocenters. The predicted octanol–water partition coefficient (Wildman–Crippen LogP) is 3.84. The number of cyclic esters (lactones) is 1. The van der Waals surface area contributed by atoms with E-state index in [1.807, 2.05) is 6.92 Å². The first kappa shape index (κ1) is 24.8. The van der Waals surface area contributed by atoms with Crippen LogP contribution in [0.3, 0.4) is 0 Å². The standard InChI is InChI=1S/C26H31FN2O6/c1-16(17-5-3-10-34-11-9-17)21-8-7-19(13-22(21)27)29-15-20(35-26(29)33)14-28-24(31)12-18-4-2-6-23(30)25(18)32/h2,4,6-8,13,16-17,20,30,32H,3,5,9-12,14-15H2,1H3,(H,28,31). The number of para-hydroxylation sites is 1. The number of amides is 2. The molecule has 0 radical (unpaired) electrons. The van der Waals surface area contributed by atoms with Crippen LogP contribution in [0.4, 0.5) is 14.9 Å². The number of nitrogens with zero attached hydrogens (tertiary/aromatic N) is 1. The Morgan fingerprint density at radius 3 is 2.86 bits per heavy atom. The van der Waals surface area contributed by atoms with Gasteiger partial charge >= 0.3 is 6.09 Å². The topological polar surface area (TPSA) is 108 Å². The van der Waals surface area contributed by atoms with Crippen LogP contribution in [0, 0.1) is 11.7 Å². The van der Waals surface area contributed by atoms with Gasteiger partial charge in [-0.3, -0.25) is 9.69 Å². The molecule has 2 aliphatic heterocycles. The summed E-state index contributed by atoms with van der Waals surface area (Å²) in [4.78, 5) is 26.0. The summed E-state index contributed by atoms with van der Waals surface area (Å²) in [6.07, 6.45) is 1.54. The maximum Gasteiger partial charge on any atom is 0.414 e. The maximum absolute atomic E-state index is 15.1. The van der Waals surface area contributed by atoms with Gasteiger partial charge in [0.05, 0.1) is 25.2 Å². The first-order valence-corrected chi connectivity index (χ1v) is 12.0. The van der Waals surface area contributed by atoms with Crippen molar-refractivity contribution in [1.82, 2.24) is 5.32 Å². The quantitative estimate of drug-likeness (QED) is 0.513. The van der Waals surface area contributed by atoms with Gasteiger partial charge in [0, 0.05) is 18.8 Å². The van der Waals surface area contributed by atoms with Crippen molar-refractivity contribution in [3.63, 3.8) is 0 Å².